The van der Waals surface area contributed by atoms with E-state index in [-0.39, 0.29) is 35.1 Å². The number of hydrogen-bond acceptors (Lipinski definition) is 9. The van der Waals surface area contributed by atoms with E-state index in [9.17, 15) is 23.9 Å². The van der Waals surface area contributed by atoms with Gasteiger partial charge in [-0.2, -0.15) is 4.37 Å². The van der Waals surface area contributed by atoms with Crippen molar-refractivity contribution < 1.29 is 19.1 Å². The number of rotatable bonds is 6. The van der Waals surface area contributed by atoms with E-state index < -0.39 is 22.8 Å². The molecule has 0 saturated carbocycles. The molecule has 4 aromatic rings. The fourth-order valence-corrected chi connectivity index (χ4v) is 4.42. The minimum absolute atomic E-state index is 0.00459. The van der Waals surface area contributed by atoms with Gasteiger partial charge in [-0.05, 0) is 30.7 Å². The van der Waals surface area contributed by atoms with Crippen LogP contribution in [0.2, 0.25) is 0 Å². The van der Waals surface area contributed by atoms with E-state index in [0.29, 0.717) is 29.6 Å². The van der Waals surface area contributed by atoms with Crippen LogP contribution in [0.1, 0.15) is 21.6 Å². The summed E-state index contributed by atoms with van der Waals surface area (Å²) < 4.78 is 19.1. The van der Waals surface area contributed by atoms with Gasteiger partial charge in [0.15, 0.2) is 5.65 Å². The Morgan fingerprint density at radius 2 is 2.11 bits per heavy atom. The second kappa shape index (κ2) is 8.83. The largest absolute Gasteiger partial charge is 0.477 e. The molecular formula is C22H18FN7O4S. The number of anilines is 1. The third kappa shape index (κ3) is 4.10. The molecule has 0 atom stereocenters. The number of aromatic carboxylic acids is 1. The van der Waals surface area contributed by atoms with Crippen molar-refractivity contribution in [1.29, 1.82) is 0 Å². The molecule has 0 unspecified atom stereocenters. The highest BCUT2D eigenvalue weighted by molar-refractivity contribution is 7.08. The molecule has 11 nitrogen and oxygen atoms in total. The van der Waals surface area contributed by atoms with Gasteiger partial charge in [0.1, 0.15) is 23.5 Å². The molecule has 1 amide bonds. The maximum atomic E-state index is 13.7. The Morgan fingerprint density at radius 1 is 1.31 bits per heavy atom. The standard InChI is InChI=1S/C22H18FN7O4S/c1-11-5-16(29-7-12(8-29)20(32)25-6-15-14(23)3-2-4-24-15)28-19-17(11)18(31)13(21(33)34)9-30(19)22-26-10-27-35-22/h2-5,9-10,12H,6-8H2,1H3,(H,25,32)(H,33,34). The van der Waals surface area contributed by atoms with Crippen LogP contribution in [-0.2, 0) is 11.3 Å². The van der Waals surface area contributed by atoms with E-state index in [4.69, 9.17) is 0 Å². The van der Waals surface area contributed by atoms with Gasteiger partial charge in [-0.1, -0.05) is 0 Å². The summed E-state index contributed by atoms with van der Waals surface area (Å²) in [4.78, 5) is 51.6. The third-order valence-corrected chi connectivity index (χ3v) is 6.43. The molecule has 4 aromatic heterocycles. The normalized spacial score (nSPS) is 13.6. The minimum atomic E-state index is -1.35. The van der Waals surface area contributed by atoms with Crippen LogP contribution in [0.5, 0.6) is 0 Å². The lowest BCUT2D eigenvalue weighted by Gasteiger charge is -2.39. The maximum Gasteiger partial charge on any atom is 0.341 e. The summed E-state index contributed by atoms with van der Waals surface area (Å²) in [6.07, 6.45) is 3.99. The molecule has 1 aliphatic rings. The number of aryl methyl sites for hydroxylation is 1. The van der Waals surface area contributed by atoms with Crippen molar-refractivity contribution in [3.8, 4) is 5.13 Å². The molecule has 0 spiro atoms. The first-order valence-corrected chi connectivity index (χ1v) is 11.3. The van der Waals surface area contributed by atoms with Crippen LogP contribution in [0.4, 0.5) is 10.2 Å². The first-order chi connectivity index (χ1) is 16.8. The fraction of sp³-hybridized carbons (Fsp3) is 0.227. The van der Waals surface area contributed by atoms with E-state index in [0.717, 1.165) is 11.5 Å². The summed E-state index contributed by atoms with van der Waals surface area (Å²) in [6.45, 7) is 2.46. The Hall–Kier alpha value is -4.26. The lowest BCUT2D eigenvalue weighted by molar-refractivity contribution is -0.125. The Morgan fingerprint density at radius 3 is 2.80 bits per heavy atom. The molecule has 0 bridgehead atoms. The number of pyridine rings is 3. The maximum absolute atomic E-state index is 13.7. The van der Waals surface area contributed by atoms with Gasteiger partial charge >= 0.3 is 5.97 Å². The van der Waals surface area contributed by atoms with E-state index in [1.54, 1.807) is 13.0 Å². The van der Waals surface area contributed by atoms with Gasteiger partial charge in [-0.3, -0.25) is 19.1 Å². The van der Waals surface area contributed by atoms with Crippen LogP contribution in [0.15, 0.2) is 41.7 Å². The SMILES string of the molecule is Cc1cc(N2CC(C(=O)NCc3ncccc3F)C2)nc2c1c(=O)c(C(=O)O)cn2-c1ncns1. The van der Waals surface area contributed by atoms with Crippen LogP contribution < -0.4 is 15.6 Å². The lowest BCUT2D eigenvalue weighted by Crippen LogP contribution is -2.54. The average Bonchev–Trinajstić information content (AvgIpc) is 3.32. The van der Waals surface area contributed by atoms with Crippen LogP contribution in [0.25, 0.3) is 16.2 Å². The summed E-state index contributed by atoms with van der Waals surface area (Å²) in [6, 6.07) is 4.46. The third-order valence-electron chi connectivity index (χ3n) is 5.77. The number of nitrogens with one attached hydrogen (secondary N) is 1. The van der Waals surface area contributed by atoms with E-state index in [1.165, 1.54) is 35.4 Å². The number of fused-ring (bicyclic) bond motifs is 1. The van der Waals surface area contributed by atoms with Crippen LogP contribution in [0, 0.1) is 18.7 Å². The van der Waals surface area contributed by atoms with Gasteiger partial charge in [0.05, 0.1) is 23.5 Å². The number of carboxylic acids is 1. The number of carboxylic acid groups (broad SMARTS) is 1. The average molecular weight is 495 g/mol. The van der Waals surface area contributed by atoms with Crippen molar-refractivity contribution in [3.05, 3.63) is 69.8 Å². The Labute approximate surface area is 201 Å². The predicted molar refractivity (Wildman–Crippen MR) is 124 cm³/mol. The lowest BCUT2D eigenvalue weighted by atomic mass is 9.98. The monoisotopic (exact) mass is 495 g/mol. The van der Waals surface area contributed by atoms with Gasteiger partial charge in [0.2, 0.25) is 16.5 Å². The van der Waals surface area contributed by atoms with E-state index >= 15 is 0 Å². The molecule has 178 valence electrons. The number of amides is 1. The molecule has 1 fully saturated rings. The van der Waals surface area contributed by atoms with Crippen molar-refractivity contribution in [2.24, 2.45) is 5.92 Å². The molecule has 5 heterocycles. The second-order valence-corrected chi connectivity index (χ2v) is 8.78. The number of aromatic nitrogens is 5. The molecule has 1 aliphatic heterocycles. The Kier molecular flexibility index (Phi) is 5.68. The highest BCUT2D eigenvalue weighted by Gasteiger charge is 2.34. The Balaban J connectivity index is 1.40. The Bertz CT molecular complexity index is 1520. The number of carbonyl (C=O) groups is 2. The summed E-state index contributed by atoms with van der Waals surface area (Å²) in [5, 5.41) is 12.7. The van der Waals surface area contributed by atoms with Gasteiger partial charge < -0.3 is 15.3 Å². The van der Waals surface area contributed by atoms with Crippen molar-refractivity contribution in [2.45, 2.75) is 13.5 Å². The number of halogens is 1. The zero-order valence-corrected chi connectivity index (χ0v) is 19.1. The van der Waals surface area contributed by atoms with E-state index in [2.05, 4.69) is 24.6 Å². The molecule has 35 heavy (non-hydrogen) atoms. The molecule has 0 radical (unpaired) electrons. The van der Waals surface area contributed by atoms with Crippen molar-refractivity contribution in [2.75, 3.05) is 18.0 Å². The fourth-order valence-electron chi connectivity index (χ4n) is 3.91. The zero-order valence-electron chi connectivity index (χ0n) is 18.3. The topological polar surface area (TPSA) is 143 Å². The van der Waals surface area contributed by atoms with Crippen molar-refractivity contribution >= 4 is 40.3 Å². The molecule has 5 rings (SSSR count). The second-order valence-electron chi connectivity index (χ2n) is 8.02. The number of carbonyl (C=O) groups excluding carboxylic acids is 1. The summed E-state index contributed by atoms with van der Waals surface area (Å²) in [7, 11) is 0. The molecule has 13 heteroatoms. The molecule has 1 saturated heterocycles. The quantitative estimate of drug-likeness (QED) is 0.407. The smallest absolute Gasteiger partial charge is 0.341 e. The van der Waals surface area contributed by atoms with E-state index in [1.807, 2.05) is 4.90 Å². The molecular weight excluding hydrogens is 477 g/mol. The number of hydrogen-bond donors (Lipinski definition) is 2. The minimum Gasteiger partial charge on any atom is -0.477 e. The first kappa shape index (κ1) is 22.5. The molecule has 0 aliphatic carbocycles. The molecule has 2 N–H and O–H groups in total. The zero-order chi connectivity index (χ0) is 24.7. The summed E-state index contributed by atoms with van der Waals surface area (Å²) in [5.74, 6) is -1.83. The van der Waals surface area contributed by atoms with Crippen LogP contribution in [-0.4, -0.2) is 54.0 Å². The van der Waals surface area contributed by atoms with Gasteiger partial charge in [0, 0.05) is 37.0 Å². The first-order valence-electron chi connectivity index (χ1n) is 10.5. The van der Waals surface area contributed by atoms with Gasteiger partial charge in [0.25, 0.3) is 0 Å². The van der Waals surface area contributed by atoms with Gasteiger partial charge in [-0.25, -0.2) is 19.2 Å². The van der Waals surface area contributed by atoms with Crippen molar-refractivity contribution in [1.82, 2.24) is 29.2 Å². The van der Waals surface area contributed by atoms with Crippen molar-refractivity contribution in [3.63, 3.8) is 0 Å². The highest BCUT2D eigenvalue weighted by atomic mass is 32.1. The molecule has 0 aromatic carbocycles. The van der Waals surface area contributed by atoms with Crippen LogP contribution >= 0.6 is 11.5 Å². The van der Waals surface area contributed by atoms with Gasteiger partial charge in [-0.15, -0.1) is 0 Å². The predicted octanol–water partition coefficient (Wildman–Crippen LogP) is 1.53. The highest BCUT2D eigenvalue weighted by Crippen LogP contribution is 2.28. The van der Waals surface area contributed by atoms with Crippen LogP contribution in [0.3, 0.4) is 0 Å². The summed E-state index contributed by atoms with van der Waals surface area (Å²) in [5.41, 5.74) is -0.0535. The summed E-state index contributed by atoms with van der Waals surface area (Å²) >= 11 is 1.03. The number of nitrogens with zero attached hydrogens (tertiary/aromatic N) is 6.